The Hall–Kier alpha value is -0.890. The molecule has 1 atom stereocenters. The van der Waals surface area contributed by atoms with Crippen LogP contribution in [0.4, 0.5) is 11.4 Å². The van der Waals surface area contributed by atoms with E-state index in [1.165, 1.54) is 12.8 Å². The molecule has 1 aromatic carbocycles. The van der Waals surface area contributed by atoms with Crippen LogP contribution in [0, 0.1) is 0 Å². The molecule has 0 aliphatic carbocycles. The Kier molecular flexibility index (Phi) is 4.76. The van der Waals surface area contributed by atoms with Crippen LogP contribution in [0.3, 0.4) is 0 Å². The number of benzene rings is 1. The molecule has 15 heavy (non-hydrogen) atoms. The number of halogens is 1. The molecule has 84 valence electrons. The van der Waals surface area contributed by atoms with E-state index in [-0.39, 0.29) is 0 Å². The van der Waals surface area contributed by atoms with Crippen LogP contribution in [0.25, 0.3) is 0 Å². The van der Waals surface area contributed by atoms with Gasteiger partial charge >= 0.3 is 0 Å². The molecular weight excluding hydrogens is 208 g/mol. The lowest BCUT2D eigenvalue weighted by Crippen LogP contribution is -2.15. The third-order valence-corrected chi connectivity index (χ3v) is 2.70. The van der Waals surface area contributed by atoms with E-state index in [1.54, 1.807) is 6.07 Å². The lowest BCUT2D eigenvalue weighted by Gasteiger charge is -2.16. The van der Waals surface area contributed by atoms with Crippen LogP contribution in [-0.2, 0) is 0 Å². The lowest BCUT2D eigenvalue weighted by atomic mass is 10.1. The molecule has 0 bridgehead atoms. The minimum Gasteiger partial charge on any atom is -0.399 e. The van der Waals surface area contributed by atoms with Gasteiger partial charge in [0.25, 0.3) is 0 Å². The van der Waals surface area contributed by atoms with E-state index in [1.807, 2.05) is 12.1 Å². The van der Waals surface area contributed by atoms with Crippen molar-refractivity contribution in [2.24, 2.45) is 0 Å². The molecule has 0 saturated carbocycles. The average Bonchev–Trinajstić information content (AvgIpc) is 2.19. The maximum absolute atomic E-state index is 6.07. The molecule has 0 fully saturated rings. The van der Waals surface area contributed by atoms with E-state index in [9.17, 15) is 0 Å². The van der Waals surface area contributed by atoms with Crippen LogP contribution < -0.4 is 11.1 Å². The van der Waals surface area contributed by atoms with Gasteiger partial charge in [0.2, 0.25) is 0 Å². The summed E-state index contributed by atoms with van der Waals surface area (Å²) in [5, 5.41) is 4.08. The molecule has 0 aromatic heterocycles. The first-order valence-corrected chi connectivity index (χ1v) is 5.83. The Morgan fingerprint density at radius 1 is 1.47 bits per heavy atom. The van der Waals surface area contributed by atoms with Gasteiger partial charge in [-0.1, -0.05) is 31.4 Å². The molecule has 3 heteroatoms. The summed E-state index contributed by atoms with van der Waals surface area (Å²) in [5.41, 5.74) is 7.29. The highest BCUT2D eigenvalue weighted by Gasteiger charge is 2.04. The van der Waals surface area contributed by atoms with E-state index in [2.05, 4.69) is 19.2 Å². The second kappa shape index (κ2) is 5.86. The van der Waals surface area contributed by atoms with Gasteiger partial charge in [-0.2, -0.15) is 0 Å². The van der Waals surface area contributed by atoms with E-state index < -0.39 is 0 Å². The summed E-state index contributed by atoms with van der Waals surface area (Å²) in [6.07, 6.45) is 3.62. The molecule has 1 unspecified atom stereocenters. The van der Waals surface area contributed by atoms with E-state index >= 15 is 0 Å². The van der Waals surface area contributed by atoms with Crippen molar-refractivity contribution in [2.75, 3.05) is 11.1 Å². The van der Waals surface area contributed by atoms with Crippen molar-refractivity contribution in [3.8, 4) is 0 Å². The first kappa shape index (κ1) is 12.2. The Morgan fingerprint density at radius 2 is 2.20 bits per heavy atom. The van der Waals surface area contributed by atoms with E-state index in [4.69, 9.17) is 17.3 Å². The molecule has 0 heterocycles. The third-order valence-electron chi connectivity index (χ3n) is 2.39. The Bertz CT molecular complexity index is 312. The predicted molar refractivity (Wildman–Crippen MR) is 68.5 cm³/mol. The van der Waals surface area contributed by atoms with Crippen LogP contribution in [-0.4, -0.2) is 6.04 Å². The van der Waals surface area contributed by atoms with Crippen molar-refractivity contribution in [3.63, 3.8) is 0 Å². The van der Waals surface area contributed by atoms with Gasteiger partial charge in [0.15, 0.2) is 0 Å². The van der Waals surface area contributed by atoms with Crippen LogP contribution in [0.2, 0.25) is 5.02 Å². The standard InChI is InChI=1S/C12H19ClN2/c1-3-4-5-9(2)15-12-7-6-10(14)8-11(12)13/h6-9,15H,3-5,14H2,1-2H3. The SMILES string of the molecule is CCCCC(C)Nc1ccc(N)cc1Cl. The zero-order valence-corrected chi connectivity index (χ0v) is 10.1. The second-order valence-electron chi connectivity index (χ2n) is 3.93. The average molecular weight is 227 g/mol. The highest BCUT2D eigenvalue weighted by atomic mass is 35.5. The molecule has 0 spiro atoms. The van der Waals surface area contributed by atoms with Crippen LogP contribution in [0.5, 0.6) is 0 Å². The summed E-state index contributed by atoms with van der Waals surface area (Å²) in [6, 6.07) is 6.02. The zero-order valence-electron chi connectivity index (χ0n) is 9.39. The van der Waals surface area contributed by atoms with E-state index in [0.717, 1.165) is 12.1 Å². The number of hydrogen-bond donors (Lipinski definition) is 2. The summed E-state index contributed by atoms with van der Waals surface area (Å²) in [4.78, 5) is 0. The summed E-state index contributed by atoms with van der Waals surface area (Å²) in [7, 11) is 0. The van der Waals surface area contributed by atoms with Gasteiger partial charge in [-0.15, -0.1) is 0 Å². The van der Waals surface area contributed by atoms with Crippen LogP contribution in [0.1, 0.15) is 33.1 Å². The fraction of sp³-hybridized carbons (Fsp3) is 0.500. The second-order valence-corrected chi connectivity index (χ2v) is 4.33. The number of unbranched alkanes of at least 4 members (excludes halogenated alkanes) is 1. The summed E-state index contributed by atoms with van der Waals surface area (Å²) in [6.45, 7) is 4.37. The summed E-state index contributed by atoms with van der Waals surface area (Å²) >= 11 is 6.07. The van der Waals surface area contributed by atoms with Crippen LogP contribution >= 0.6 is 11.6 Å². The van der Waals surface area contributed by atoms with Crippen molar-refractivity contribution in [3.05, 3.63) is 23.2 Å². The molecule has 1 rings (SSSR count). The van der Waals surface area contributed by atoms with Crippen molar-refractivity contribution < 1.29 is 0 Å². The van der Waals surface area contributed by atoms with Gasteiger partial charge in [0.05, 0.1) is 10.7 Å². The van der Waals surface area contributed by atoms with Gasteiger partial charge in [0.1, 0.15) is 0 Å². The summed E-state index contributed by atoms with van der Waals surface area (Å²) < 4.78 is 0. The van der Waals surface area contributed by atoms with Gasteiger partial charge in [-0.3, -0.25) is 0 Å². The minimum atomic E-state index is 0.450. The van der Waals surface area contributed by atoms with Crippen molar-refractivity contribution in [2.45, 2.75) is 39.2 Å². The topological polar surface area (TPSA) is 38.0 Å². The van der Waals surface area contributed by atoms with E-state index in [0.29, 0.717) is 16.8 Å². The monoisotopic (exact) mass is 226 g/mol. The van der Waals surface area contributed by atoms with Crippen molar-refractivity contribution in [1.82, 2.24) is 0 Å². The maximum Gasteiger partial charge on any atom is 0.0658 e. The molecule has 0 aliphatic rings. The number of anilines is 2. The number of nitrogen functional groups attached to an aromatic ring is 1. The molecule has 2 nitrogen and oxygen atoms in total. The first-order chi connectivity index (χ1) is 7.13. The lowest BCUT2D eigenvalue weighted by molar-refractivity contribution is 0.645. The highest BCUT2D eigenvalue weighted by Crippen LogP contribution is 2.25. The van der Waals surface area contributed by atoms with Gasteiger partial charge in [0, 0.05) is 11.7 Å². The highest BCUT2D eigenvalue weighted by molar-refractivity contribution is 6.33. The Labute approximate surface area is 96.8 Å². The Balaban J connectivity index is 2.56. The van der Waals surface area contributed by atoms with Crippen molar-refractivity contribution in [1.29, 1.82) is 0 Å². The molecule has 0 amide bonds. The first-order valence-electron chi connectivity index (χ1n) is 5.45. The minimum absolute atomic E-state index is 0.450. The number of hydrogen-bond acceptors (Lipinski definition) is 2. The molecule has 0 aliphatic heterocycles. The molecule has 3 N–H and O–H groups in total. The summed E-state index contributed by atoms with van der Waals surface area (Å²) in [5.74, 6) is 0. The molecular formula is C12H19ClN2. The molecule has 0 saturated heterocycles. The molecule has 1 aromatic rings. The normalized spacial score (nSPS) is 12.5. The quantitative estimate of drug-likeness (QED) is 0.747. The van der Waals surface area contributed by atoms with Gasteiger partial charge in [-0.05, 0) is 31.5 Å². The molecule has 0 radical (unpaired) electrons. The Morgan fingerprint density at radius 3 is 2.80 bits per heavy atom. The largest absolute Gasteiger partial charge is 0.399 e. The fourth-order valence-corrected chi connectivity index (χ4v) is 1.74. The zero-order chi connectivity index (χ0) is 11.3. The maximum atomic E-state index is 6.07. The number of rotatable bonds is 5. The number of nitrogens with one attached hydrogen (secondary N) is 1. The van der Waals surface area contributed by atoms with Gasteiger partial charge < -0.3 is 11.1 Å². The third kappa shape index (κ3) is 4.00. The number of nitrogens with two attached hydrogens (primary N) is 1. The fourth-order valence-electron chi connectivity index (χ4n) is 1.50. The van der Waals surface area contributed by atoms with Gasteiger partial charge in [-0.25, -0.2) is 0 Å². The smallest absolute Gasteiger partial charge is 0.0658 e. The van der Waals surface area contributed by atoms with Crippen LogP contribution in [0.15, 0.2) is 18.2 Å². The predicted octanol–water partition coefficient (Wildman–Crippen LogP) is 3.91. The van der Waals surface area contributed by atoms with Crippen molar-refractivity contribution >= 4 is 23.0 Å².